The Balaban J connectivity index is 1.98. The Morgan fingerprint density at radius 3 is 2.50 bits per heavy atom. The van der Waals surface area contributed by atoms with Gasteiger partial charge in [0.2, 0.25) is 0 Å². The lowest BCUT2D eigenvalue weighted by Gasteiger charge is -2.26. The normalized spacial score (nSPS) is 15.3. The minimum atomic E-state index is -0.390. The molecule has 2 rings (SSSR count). The predicted molar refractivity (Wildman–Crippen MR) is 95.7 cm³/mol. The van der Waals surface area contributed by atoms with E-state index in [1.165, 1.54) is 11.3 Å². The summed E-state index contributed by atoms with van der Waals surface area (Å²) in [7, 11) is 4.13. The monoisotopic (exact) mass is 318 g/mol. The topological polar surface area (TPSA) is 35.5 Å². The smallest absolute Gasteiger partial charge is 0.0896 e. The highest BCUT2D eigenvalue weighted by Crippen LogP contribution is 2.27. The van der Waals surface area contributed by atoms with Gasteiger partial charge in [0, 0.05) is 36.7 Å². The predicted octanol–water partition coefficient (Wildman–Crippen LogP) is 3.98. The Bertz CT molecular complexity index is 568. The van der Waals surface area contributed by atoms with Crippen molar-refractivity contribution >= 4 is 17.0 Å². The summed E-state index contributed by atoms with van der Waals surface area (Å²) in [6.07, 6.45) is 0.327. The number of hydrogen-bond acceptors (Lipinski definition) is 4. The highest BCUT2D eigenvalue weighted by molar-refractivity contribution is 7.10. The number of nitrogens with zero attached hydrogens (tertiary/aromatic N) is 1. The number of nitrogens with one attached hydrogen (secondary N) is 1. The molecule has 1 aromatic heterocycles. The van der Waals surface area contributed by atoms with E-state index in [1.54, 1.807) is 11.3 Å². The summed E-state index contributed by atoms with van der Waals surface area (Å²) >= 11 is 1.61. The van der Waals surface area contributed by atoms with Crippen LogP contribution in [0.15, 0.2) is 41.8 Å². The van der Waals surface area contributed by atoms with Crippen LogP contribution < -0.4 is 10.2 Å². The van der Waals surface area contributed by atoms with Crippen LogP contribution in [-0.4, -0.2) is 25.2 Å². The van der Waals surface area contributed by atoms with Crippen molar-refractivity contribution < 1.29 is 5.11 Å². The van der Waals surface area contributed by atoms with E-state index in [-0.39, 0.29) is 12.1 Å². The van der Waals surface area contributed by atoms with Crippen LogP contribution in [0.1, 0.15) is 42.9 Å². The molecule has 3 unspecified atom stereocenters. The average Bonchev–Trinajstić information content (AvgIpc) is 3.01. The summed E-state index contributed by atoms with van der Waals surface area (Å²) in [5.74, 6) is 0. The van der Waals surface area contributed by atoms with Crippen LogP contribution in [0.25, 0.3) is 0 Å². The van der Waals surface area contributed by atoms with Crippen LogP contribution in [0.3, 0.4) is 0 Å². The number of aliphatic hydroxyl groups is 1. The van der Waals surface area contributed by atoms with Crippen LogP contribution in [-0.2, 0) is 0 Å². The molecule has 0 amide bonds. The molecule has 1 aromatic carbocycles. The van der Waals surface area contributed by atoms with Crippen molar-refractivity contribution in [1.29, 1.82) is 0 Å². The van der Waals surface area contributed by atoms with Crippen molar-refractivity contribution in [2.24, 2.45) is 0 Å². The fraction of sp³-hybridized carbons (Fsp3) is 0.444. The molecule has 2 aromatic rings. The molecule has 0 spiro atoms. The summed E-state index contributed by atoms with van der Waals surface area (Å²) in [6, 6.07) is 12.9. The van der Waals surface area contributed by atoms with Crippen molar-refractivity contribution in [3.8, 4) is 0 Å². The molecule has 0 aliphatic rings. The maximum absolute atomic E-state index is 10.3. The molecule has 4 heteroatoms. The van der Waals surface area contributed by atoms with Gasteiger partial charge in [-0.25, -0.2) is 0 Å². The second-order valence-electron chi connectivity index (χ2n) is 6.01. The number of anilines is 1. The van der Waals surface area contributed by atoms with E-state index < -0.39 is 6.10 Å². The molecule has 3 atom stereocenters. The molecule has 22 heavy (non-hydrogen) atoms. The Labute approximate surface area is 137 Å². The first kappa shape index (κ1) is 17.0. The maximum Gasteiger partial charge on any atom is 0.0896 e. The van der Waals surface area contributed by atoms with Gasteiger partial charge in [-0.15, -0.1) is 11.3 Å². The van der Waals surface area contributed by atoms with Gasteiger partial charge in [-0.1, -0.05) is 24.3 Å². The van der Waals surface area contributed by atoms with E-state index in [0.29, 0.717) is 0 Å². The molecular formula is C18H26N2OS. The largest absolute Gasteiger partial charge is 0.388 e. The molecule has 3 nitrogen and oxygen atoms in total. The molecular weight excluding hydrogens is 292 g/mol. The summed E-state index contributed by atoms with van der Waals surface area (Å²) in [5, 5.41) is 15.9. The standard InChI is InChI=1S/C18H26N2OS/c1-13(12-17(21)18-10-7-11-22-18)19-14(2)15-8-5-6-9-16(15)20(3)4/h5-11,13-14,17,19,21H,12H2,1-4H3. The SMILES string of the molecule is CC(CC(O)c1cccs1)NC(C)c1ccccc1N(C)C. The van der Waals surface area contributed by atoms with Crippen molar-refractivity contribution in [1.82, 2.24) is 5.32 Å². The number of para-hydroxylation sites is 1. The van der Waals surface area contributed by atoms with Crippen LogP contribution in [0.4, 0.5) is 5.69 Å². The molecule has 0 saturated heterocycles. The van der Waals surface area contributed by atoms with E-state index >= 15 is 0 Å². The summed E-state index contributed by atoms with van der Waals surface area (Å²) in [6.45, 7) is 4.31. The molecule has 2 N–H and O–H groups in total. The second-order valence-corrected chi connectivity index (χ2v) is 6.99. The first-order chi connectivity index (χ1) is 10.5. The second kappa shape index (κ2) is 7.77. The van der Waals surface area contributed by atoms with Gasteiger partial charge in [-0.3, -0.25) is 0 Å². The molecule has 120 valence electrons. The molecule has 0 fully saturated rings. The third-order valence-corrected chi connectivity index (χ3v) is 4.84. The van der Waals surface area contributed by atoms with Crippen LogP contribution in [0, 0.1) is 0 Å². The van der Waals surface area contributed by atoms with E-state index in [0.717, 1.165) is 11.3 Å². The zero-order valence-electron chi connectivity index (χ0n) is 13.8. The zero-order chi connectivity index (χ0) is 16.1. The van der Waals surface area contributed by atoms with Gasteiger partial charge in [0.15, 0.2) is 0 Å². The Hall–Kier alpha value is -1.36. The van der Waals surface area contributed by atoms with Crippen molar-refractivity contribution in [3.63, 3.8) is 0 Å². The van der Waals surface area contributed by atoms with E-state index in [2.05, 4.69) is 62.4 Å². The third-order valence-electron chi connectivity index (χ3n) is 3.87. The number of thiophene rings is 1. The van der Waals surface area contributed by atoms with Gasteiger partial charge in [0.25, 0.3) is 0 Å². The average molecular weight is 318 g/mol. The van der Waals surface area contributed by atoms with Gasteiger partial charge < -0.3 is 15.3 Å². The van der Waals surface area contributed by atoms with Crippen LogP contribution >= 0.6 is 11.3 Å². The fourth-order valence-electron chi connectivity index (χ4n) is 2.78. The summed E-state index contributed by atoms with van der Waals surface area (Å²) in [4.78, 5) is 3.17. The molecule has 0 aliphatic carbocycles. The summed E-state index contributed by atoms with van der Waals surface area (Å²) < 4.78 is 0. The molecule has 0 bridgehead atoms. The Kier molecular flexibility index (Phi) is 6.00. The van der Waals surface area contributed by atoms with Gasteiger partial charge in [-0.2, -0.15) is 0 Å². The zero-order valence-corrected chi connectivity index (χ0v) is 14.6. The van der Waals surface area contributed by atoms with E-state index in [4.69, 9.17) is 0 Å². The minimum Gasteiger partial charge on any atom is -0.388 e. The van der Waals surface area contributed by atoms with Crippen molar-refractivity contribution in [3.05, 3.63) is 52.2 Å². The molecule has 0 saturated carbocycles. The number of hydrogen-bond donors (Lipinski definition) is 2. The van der Waals surface area contributed by atoms with Gasteiger partial charge in [0.1, 0.15) is 0 Å². The molecule has 1 heterocycles. The fourth-order valence-corrected chi connectivity index (χ4v) is 3.50. The van der Waals surface area contributed by atoms with Crippen molar-refractivity contribution in [2.45, 2.75) is 38.5 Å². The van der Waals surface area contributed by atoms with E-state index in [1.807, 2.05) is 17.5 Å². The van der Waals surface area contributed by atoms with Crippen LogP contribution in [0.2, 0.25) is 0 Å². The van der Waals surface area contributed by atoms with Crippen molar-refractivity contribution in [2.75, 3.05) is 19.0 Å². The first-order valence-electron chi connectivity index (χ1n) is 7.72. The lowest BCUT2D eigenvalue weighted by molar-refractivity contribution is 0.155. The Morgan fingerprint density at radius 2 is 1.86 bits per heavy atom. The number of aliphatic hydroxyl groups excluding tert-OH is 1. The highest BCUT2D eigenvalue weighted by atomic mass is 32.1. The van der Waals surface area contributed by atoms with Crippen LogP contribution in [0.5, 0.6) is 0 Å². The highest BCUT2D eigenvalue weighted by Gasteiger charge is 2.17. The quantitative estimate of drug-likeness (QED) is 0.810. The van der Waals surface area contributed by atoms with Gasteiger partial charge in [-0.05, 0) is 43.3 Å². The minimum absolute atomic E-state index is 0.238. The van der Waals surface area contributed by atoms with Gasteiger partial charge >= 0.3 is 0 Å². The maximum atomic E-state index is 10.3. The first-order valence-corrected chi connectivity index (χ1v) is 8.60. The third kappa shape index (κ3) is 4.32. The lowest BCUT2D eigenvalue weighted by Crippen LogP contribution is -2.31. The van der Waals surface area contributed by atoms with E-state index in [9.17, 15) is 5.11 Å². The summed E-state index contributed by atoms with van der Waals surface area (Å²) in [5.41, 5.74) is 2.51. The number of rotatable bonds is 7. The van der Waals surface area contributed by atoms with Gasteiger partial charge in [0.05, 0.1) is 6.10 Å². The Morgan fingerprint density at radius 1 is 1.14 bits per heavy atom. The number of benzene rings is 1. The lowest BCUT2D eigenvalue weighted by atomic mass is 10.0. The molecule has 0 radical (unpaired) electrons. The molecule has 0 aliphatic heterocycles.